The average Bonchev–Trinajstić information content (AvgIpc) is 2.60. The summed E-state index contributed by atoms with van der Waals surface area (Å²) < 4.78 is 15.8. The van der Waals surface area contributed by atoms with Gasteiger partial charge in [0.1, 0.15) is 11.5 Å². The Balaban J connectivity index is 1.96. The summed E-state index contributed by atoms with van der Waals surface area (Å²) in [6.45, 7) is 7.40. The van der Waals surface area contributed by atoms with Crippen molar-refractivity contribution in [2.75, 3.05) is 60.7 Å². The summed E-state index contributed by atoms with van der Waals surface area (Å²) in [5.41, 5.74) is 0.770. The maximum atomic E-state index is 10.7. The molecule has 6 nitrogen and oxygen atoms in total. The van der Waals surface area contributed by atoms with E-state index in [1.54, 1.807) is 21.3 Å². The number of hydrogen-bond donors (Lipinski definition) is 1. The van der Waals surface area contributed by atoms with Gasteiger partial charge in [-0.05, 0) is 25.1 Å². The second-order valence-electron chi connectivity index (χ2n) is 6.26. The van der Waals surface area contributed by atoms with Crippen molar-refractivity contribution in [2.45, 2.75) is 19.1 Å². The predicted octanol–water partition coefficient (Wildman–Crippen LogP) is 1.39. The molecule has 1 aliphatic rings. The Labute approximate surface area is 144 Å². The molecule has 2 atom stereocenters. The minimum absolute atomic E-state index is 0.452. The molecular weight excluding hydrogens is 308 g/mol. The highest BCUT2D eigenvalue weighted by Crippen LogP contribution is 2.30. The first kappa shape index (κ1) is 19.0. The number of nitrogens with zero attached hydrogens (tertiary/aromatic N) is 2. The maximum Gasteiger partial charge on any atom is 0.124 e. The molecule has 0 bridgehead atoms. The van der Waals surface area contributed by atoms with Crippen molar-refractivity contribution < 1.29 is 19.3 Å². The summed E-state index contributed by atoms with van der Waals surface area (Å²) in [7, 11) is 4.98. The van der Waals surface area contributed by atoms with Crippen molar-refractivity contribution in [2.24, 2.45) is 0 Å². The van der Waals surface area contributed by atoms with Crippen LogP contribution in [0.5, 0.6) is 11.5 Å². The van der Waals surface area contributed by atoms with Gasteiger partial charge in [0.2, 0.25) is 0 Å². The van der Waals surface area contributed by atoms with Gasteiger partial charge in [-0.1, -0.05) is 0 Å². The molecule has 1 aliphatic heterocycles. The third-order valence-corrected chi connectivity index (χ3v) is 4.66. The number of hydrogen-bond acceptors (Lipinski definition) is 6. The van der Waals surface area contributed by atoms with Crippen molar-refractivity contribution >= 4 is 0 Å². The molecule has 2 unspecified atom stereocenters. The standard InChI is InChI=1S/C18H30N2O4/c1-14-12-19(7-8-20(14)9-10-22-2)13-17(21)16-11-15(23-3)5-6-18(16)24-4/h5-6,11,14,17,21H,7-10,12-13H2,1-4H3. The molecule has 0 aliphatic carbocycles. The zero-order chi connectivity index (χ0) is 17.5. The lowest BCUT2D eigenvalue weighted by atomic mass is 10.1. The molecule has 0 saturated carbocycles. The first-order valence-electron chi connectivity index (χ1n) is 8.44. The molecule has 1 N–H and O–H groups in total. The van der Waals surface area contributed by atoms with Gasteiger partial charge >= 0.3 is 0 Å². The number of aliphatic hydroxyl groups excluding tert-OH is 1. The Hall–Kier alpha value is -1.34. The lowest BCUT2D eigenvalue weighted by molar-refractivity contribution is 0.0325. The summed E-state index contributed by atoms with van der Waals surface area (Å²) in [6.07, 6.45) is -0.604. The monoisotopic (exact) mass is 338 g/mol. The molecule has 2 rings (SSSR count). The number of rotatable bonds is 8. The normalized spacial score (nSPS) is 20.8. The van der Waals surface area contributed by atoms with Crippen LogP contribution in [-0.4, -0.2) is 81.6 Å². The Morgan fingerprint density at radius 2 is 2.00 bits per heavy atom. The van der Waals surface area contributed by atoms with Crippen LogP contribution in [0.25, 0.3) is 0 Å². The van der Waals surface area contributed by atoms with Crippen molar-refractivity contribution in [3.05, 3.63) is 23.8 Å². The van der Waals surface area contributed by atoms with Gasteiger partial charge in [-0.15, -0.1) is 0 Å². The minimum Gasteiger partial charge on any atom is -0.497 e. The van der Waals surface area contributed by atoms with E-state index in [1.165, 1.54) is 0 Å². The van der Waals surface area contributed by atoms with Gasteiger partial charge in [-0.2, -0.15) is 0 Å². The summed E-state index contributed by atoms with van der Waals surface area (Å²) in [5, 5.41) is 10.7. The van der Waals surface area contributed by atoms with E-state index in [4.69, 9.17) is 14.2 Å². The van der Waals surface area contributed by atoms with E-state index in [1.807, 2.05) is 18.2 Å². The number of ether oxygens (including phenoxy) is 3. The number of benzene rings is 1. The van der Waals surface area contributed by atoms with Crippen LogP contribution in [-0.2, 0) is 4.74 Å². The van der Waals surface area contributed by atoms with Crippen molar-refractivity contribution in [3.63, 3.8) is 0 Å². The van der Waals surface area contributed by atoms with Crippen molar-refractivity contribution in [3.8, 4) is 11.5 Å². The fourth-order valence-corrected chi connectivity index (χ4v) is 3.22. The second kappa shape index (κ2) is 9.22. The lowest BCUT2D eigenvalue weighted by Crippen LogP contribution is -2.53. The van der Waals surface area contributed by atoms with Crippen LogP contribution in [0.3, 0.4) is 0 Å². The molecule has 136 valence electrons. The van der Waals surface area contributed by atoms with Gasteiger partial charge in [-0.25, -0.2) is 0 Å². The summed E-state index contributed by atoms with van der Waals surface area (Å²) in [4.78, 5) is 4.73. The van der Waals surface area contributed by atoms with Crippen LogP contribution in [0.4, 0.5) is 0 Å². The first-order valence-corrected chi connectivity index (χ1v) is 8.44. The first-order chi connectivity index (χ1) is 11.6. The van der Waals surface area contributed by atoms with Crippen LogP contribution in [0.2, 0.25) is 0 Å². The van der Waals surface area contributed by atoms with E-state index >= 15 is 0 Å². The zero-order valence-electron chi connectivity index (χ0n) is 15.2. The average molecular weight is 338 g/mol. The fraction of sp³-hybridized carbons (Fsp3) is 0.667. The molecule has 1 heterocycles. The summed E-state index contributed by atoms with van der Waals surface area (Å²) in [6, 6.07) is 5.98. The van der Waals surface area contributed by atoms with Crippen molar-refractivity contribution in [1.29, 1.82) is 0 Å². The molecule has 0 radical (unpaired) electrons. The molecule has 0 aromatic heterocycles. The van der Waals surface area contributed by atoms with Crippen molar-refractivity contribution in [1.82, 2.24) is 9.80 Å². The molecular formula is C18H30N2O4. The third-order valence-electron chi connectivity index (χ3n) is 4.66. The largest absolute Gasteiger partial charge is 0.497 e. The third kappa shape index (κ3) is 4.83. The fourth-order valence-electron chi connectivity index (χ4n) is 3.22. The zero-order valence-corrected chi connectivity index (χ0v) is 15.2. The number of methoxy groups -OCH3 is 3. The van der Waals surface area contributed by atoms with E-state index in [9.17, 15) is 5.11 Å². The quantitative estimate of drug-likeness (QED) is 0.773. The Bertz CT molecular complexity index is 512. The van der Waals surface area contributed by atoms with Gasteiger partial charge < -0.3 is 19.3 Å². The predicted molar refractivity (Wildman–Crippen MR) is 93.9 cm³/mol. The molecule has 24 heavy (non-hydrogen) atoms. The minimum atomic E-state index is -0.604. The van der Waals surface area contributed by atoms with Gasteiger partial charge in [0.15, 0.2) is 0 Å². The molecule has 1 aromatic rings. The van der Waals surface area contributed by atoms with E-state index in [-0.39, 0.29) is 0 Å². The van der Waals surface area contributed by atoms with Gasteiger partial charge in [0.05, 0.1) is 26.9 Å². The van der Waals surface area contributed by atoms with Gasteiger partial charge in [0, 0.05) is 51.4 Å². The van der Waals surface area contributed by atoms with Crippen LogP contribution < -0.4 is 9.47 Å². The molecule has 0 amide bonds. The van der Waals surface area contributed by atoms with Gasteiger partial charge in [-0.3, -0.25) is 9.80 Å². The summed E-state index contributed by atoms with van der Waals surface area (Å²) >= 11 is 0. The van der Waals surface area contributed by atoms with Crippen LogP contribution >= 0.6 is 0 Å². The Kier molecular flexibility index (Phi) is 7.30. The molecule has 6 heteroatoms. The van der Waals surface area contributed by atoms with Crippen LogP contribution in [0, 0.1) is 0 Å². The highest BCUT2D eigenvalue weighted by Gasteiger charge is 2.26. The molecule has 1 saturated heterocycles. The van der Waals surface area contributed by atoms with E-state index < -0.39 is 6.10 Å². The van der Waals surface area contributed by atoms with E-state index in [2.05, 4.69) is 16.7 Å². The van der Waals surface area contributed by atoms with E-state index in [0.29, 0.717) is 18.3 Å². The maximum absolute atomic E-state index is 10.7. The number of piperazine rings is 1. The molecule has 0 spiro atoms. The number of β-amino-alcohol motifs (C(OH)–C–C–N with tert-alkyl or cyclic N) is 1. The topological polar surface area (TPSA) is 54.4 Å². The number of aliphatic hydroxyl groups is 1. The Morgan fingerprint density at radius 1 is 1.21 bits per heavy atom. The smallest absolute Gasteiger partial charge is 0.124 e. The van der Waals surface area contributed by atoms with Gasteiger partial charge in [0.25, 0.3) is 0 Å². The lowest BCUT2D eigenvalue weighted by Gasteiger charge is -2.40. The Morgan fingerprint density at radius 3 is 2.62 bits per heavy atom. The van der Waals surface area contributed by atoms with Crippen LogP contribution in [0.1, 0.15) is 18.6 Å². The highest BCUT2D eigenvalue weighted by atomic mass is 16.5. The van der Waals surface area contributed by atoms with E-state index in [0.717, 1.165) is 44.1 Å². The second-order valence-corrected chi connectivity index (χ2v) is 6.26. The highest BCUT2D eigenvalue weighted by molar-refractivity contribution is 5.41. The van der Waals surface area contributed by atoms with Crippen LogP contribution in [0.15, 0.2) is 18.2 Å². The SMILES string of the molecule is COCCN1CCN(CC(O)c2cc(OC)ccc2OC)CC1C. The molecule has 1 aromatic carbocycles. The molecule has 1 fully saturated rings. The summed E-state index contributed by atoms with van der Waals surface area (Å²) in [5.74, 6) is 1.41.